The zero-order valence-corrected chi connectivity index (χ0v) is 12.6. The summed E-state index contributed by atoms with van der Waals surface area (Å²) in [4.78, 5) is 4.38. The summed E-state index contributed by atoms with van der Waals surface area (Å²) in [6, 6.07) is 8.70. The van der Waals surface area contributed by atoms with E-state index in [-0.39, 0.29) is 6.10 Å². The maximum atomic E-state index is 5.90. The fourth-order valence-corrected chi connectivity index (χ4v) is 2.63. The smallest absolute Gasteiger partial charge is 0.221 e. The molecule has 1 aromatic carbocycles. The topological polar surface area (TPSA) is 43.4 Å². The fourth-order valence-electron chi connectivity index (χ4n) is 2.63. The number of nitrogens with zero attached hydrogens (tertiary/aromatic N) is 1. The van der Waals surface area contributed by atoms with E-state index in [1.807, 2.05) is 6.07 Å². The van der Waals surface area contributed by atoms with E-state index in [9.17, 15) is 0 Å². The molecule has 1 aliphatic heterocycles. The molecule has 0 radical (unpaired) electrons. The first-order valence-electron chi connectivity index (χ1n) is 7.62. The number of anilines is 1. The van der Waals surface area contributed by atoms with Crippen LogP contribution in [0.4, 0.5) is 5.69 Å². The lowest BCUT2D eigenvalue weighted by Crippen LogP contribution is -2.16. The molecule has 112 valence electrons. The third-order valence-corrected chi connectivity index (χ3v) is 3.61. The lowest BCUT2D eigenvalue weighted by atomic mass is 10.1. The molecule has 4 nitrogen and oxygen atoms in total. The molecule has 0 amide bonds. The van der Waals surface area contributed by atoms with Crippen molar-refractivity contribution in [2.24, 2.45) is 0 Å². The molecule has 0 saturated carbocycles. The van der Waals surface area contributed by atoms with Crippen LogP contribution >= 0.6 is 0 Å². The van der Waals surface area contributed by atoms with Crippen LogP contribution in [-0.4, -0.2) is 30.3 Å². The molecule has 21 heavy (non-hydrogen) atoms. The summed E-state index contributed by atoms with van der Waals surface area (Å²) in [5, 5.41) is 5.60. The molecule has 2 heterocycles. The number of benzene rings is 1. The minimum absolute atomic E-state index is 0.207. The highest BCUT2D eigenvalue weighted by Gasteiger charge is 2.17. The zero-order chi connectivity index (χ0) is 14.7. The first-order valence-corrected chi connectivity index (χ1v) is 7.62. The van der Waals surface area contributed by atoms with Crippen LogP contribution < -0.4 is 10.1 Å². The quantitative estimate of drug-likeness (QED) is 0.912. The molecule has 1 aromatic heterocycles. The van der Waals surface area contributed by atoms with Gasteiger partial charge in [-0.05, 0) is 50.3 Å². The predicted molar refractivity (Wildman–Crippen MR) is 85.0 cm³/mol. The van der Waals surface area contributed by atoms with Gasteiger partial charge in [0.2, 0.25) is 5.88 Å². The number of ether oxygens (including phenoxy) is 2. The van der Waals surface area contributed by atoms with E-state index >= 15 is 0 Å². The van der Waals surface area contributed by atoms with Gasteiger partial charge >= 0.3 is 0 Å². The zero-order valence-electron chi connectivity index (χ0n) is 12.6. The van der Waals surface area contributed by atoms with Gasteiger partial charge in [-0.15, -0.1) is 0 Å². The maximum absolute atomic E-state index is 5.90. The fraction of sp³-hybridized carbons (Fsp3) is 0.471. The Kier molecular flexibility index (Phi) is 4.25. The van der Waals surface area contributed by atoms with Crippen molar-refractivity contribution >= 4 is 16.5 Å². The standard InChI is InChI=1S/C17H22N2O2/c1-12(2)19-14-6-5-13-7-8-18-17(16(13)10-14)21-11-15-4-3-9-20-15/h5-8,10,12,15,19H,3-4,9,11H2,1-2H3. The second-order valence-corrected chi connectivity index (χ2v) is 5.80. The summed E-state index contributed by atoms with van der Waals surface area (Å²) in [6.07, 6.45) is 4.20. The van der Waals surface area contributed by atoms with E-state index in [2.05, 4.69) is 42.3 Å². The van der Waals surface area contributed by atoms with Crippen molar-refractivity contribution in [3.63, 3.8) is 0 Å². The summed E-state index contributed by atoms with van der Waals surface area (Å²) in [5.74, 6) is 0.690. The van der Waals surface area contributed by atoms with E-state index in [4.69, 9.17) is 9.47 Å². The third-order valence-electron chi connectivity index (χ3n) is 3.61. The molecule has 1 aliphatic rings. The van der Waals surface area contributed by atoms with Crippen molar-refractivity contribution in [1.82, 2.24) is 4.98 Å². The highest BCUT2D eigenvalue weighted by Crippen LogP contribution is 2.27. The molecule has 4 heteroatoms. The Morgan fingerprint density at radius 3 is 3.05 bits per heavy atom. The van der Waals surface area contributed by atoms with Crippen LogP contribution in [0.15, 0.2) is 30.5 Å². The number of fused-ring (bicyclic) bond motifs is 1. The summed E-state index contributed by atoms with van der Waals surface area (Å²) in [6.45, 7) is 5.68. The molecule has 3 rings (SSSR count). The number of pyridine rings is 1. The first kappa shape index (κ1) is 14.1. The molecule has 0 aliphatic carbocycles. The van der Waals surface area contributed by atoms with Crippen LogP contribution in [0.5, 0.6) is 5.88 Å². The minimum Gasteiger partial charge on any atom is -0.474 e. The SMILES string of the molecule is CC(C)Nc1ccc2ccnc(OCC3CCCO3)c2c1. The molecular weight excluding hydrogens is 264 g/mol. The van der Waals surface area contributed by atoms with E-state index < -0.39 is 0 Å². The van der Waals surface area contributed by atoms with Gasteiger partial charge in [0.25, 0.3) is 0 Å². The van der Waals surface area contributed by atoms with Gasteiger partial charge < -0.3 is 14.8 Å². The number of nitrogens with one attached hydrogen (secondary N) is 1. The Labute approximate surface area is 125 Å². The van der Waals surface area contributed by atoms with Crippen molar-refractivity contribution in [1.29, 1.82) is 0 Å². The van der Waals surface area contributed by atoms with E-state index in [0.717, 1.165) is 35.9 Å². The summed E-state index contributed by atoms with van der Waals surface area (Å²) in [7, 11) is 0. The molecule has 1 N–H and O–H groups in total. The monoisotopic (exact) mass is 286 g/mol. The van der Waals surface area contributed by atoms with Gasteiger partial charge in [0.05, 0.1) is 6.10 Å². The Hall–Kier alpha value is -1.81. The number of aromatic nitrogens is 1. The maximum Gasteiger partial charge on any atom is 0.221 e. The van der Waals surface area contributed by atoms with Gasteiger partial charge in [-0.1, -0.05) is 6.07 Å². The third kappa shape index (κ3) is 3.45. The summed E-state index contributed by atoms with van der Waals surface area (Å²) in [5.41, 5.74) is 1.09. The first-order chi connectivity index (χ1) is 10.2. The largest absolute Gasteiger partial charge is 0.474 e. The summed E-state index contributed by atoms with van der Waals surface area (Å²) >= 11 is 0. The number of hydrogen-bond acceptors (Lipinski definition) is 4. The van der Waals surface area contributed by atoms with E-state index in [1.165, 1.54) is 0 Å². The second-order valence-electron chi connectivity index (χ2n) is 5.80. The van der Waals surface area contributed by atoms with Crippen molar-refractivity contribution < 1.29 is 9.47 Å². The minimum atomic E-state index is 0.207. The lowest BCUT2D eigenvalue weighted by molar-refractivity contribution is 0.0669. The van der Waals surface area contributed by atoms with Crippen LogP contribution in [0.2, 0.25) is 0 Å². The molecule has 1 unspecified atom stereocenters. The Bertz CT molecular complexity index is 607. The predicted octanol–water partition coefficient (Wildman–Crippen LogP) is 3.61. The average molecular weight is 286 g/mol. The van der Waals surface area contributed by atoms with Crippen molar-refractivity contribution in [3.05, 3.63) is 30.5 Å². The van der Waals surface area contributed by atoms with Crippen molar-refractivity contribution in [3.8, 4) is 5.88 Å². The van der Waals surface area contributed by atoms with Gasteiger partial charge in [-0.3, -0.25) is 0 Å². The highest BCUT2D eigenvalue weighted by molar-refractivity contribution is 5.89. The molecule has 2 aromatic rings. The van der Waals surface area contributed by atoms with Gasteiger partial charge in [-0.25, -0.2) is 4.98 Å². The van der Waals surface area contributed by atoms with Crippen molar-refractivity contribution in [2.75, 3.05) is 18.5 Å². The average Bonchev–Trinajstić information content (AvgIpc) is 2.97. The Morgan fingerprint density at radius 1 is 1.38 bits per heavy atom. The van der Waals surface area contributed by atoms with Gasteiger partial charge in [0.15, 0.2) is 0 Å². The molecule has 0 bridgehead atoms. The summed E-state index contributed by atoms with van der Waals surface area (Å²) < 4.78 is 11.5. The van der Waals surface area contributed by atoms with Crippen LogP contribution in [0, 0.1) is 0 Å². The van der Waals surface area contributed by atoms with Crippen LogP contribution in [-0.2, 0) is 4.74 Å². The molecule has 1 saturated heterocycles. The van der Waals surface area contributed by atoms with Crippen LogP contribution in [0.3, 0.4) is 0 Å². The van der Waals surface area contributed by atoms with E-state index in [0.29, 0.717) is 18.5 Å². The second kappa shape index (κ2) is 6.31. The molecular formula is C17H22N2O2. The van der Waals surface area contributed by atoms with Crippen LogP contribution in [0.25, 0.3) is 10.8 Å². The molecule has 0 spiro atoms. The van der Waals surface area contributed by atoms with Gasteiger partial charge in [0, 0.05) is 29.9 Å². The number of rotatable bonds is 5. The van der Waals surface area contributed by atoms with Crippen LogP contribution in [0.1, 0.15) is 26.7 Å². The van der Waals surface area contributed by atoms with Gasteiger partial charge in [0.1, 0.15) is 6.61 Å². The van der Waals surface area contributed by atoms with E-state index in [1.54, 1.807) is 6.20 Å². The normalized spacial score (nSPS) is 18.3. The Balaban J connectivity index is 1.82. The van der Waals surface area contributed by atoms with Gasteiger partial charge in [-0.2, -0.15) is 0 Å². The highest BCUT2D eigenvalue weighted by atomic mass is 16.5. The Morgan fingerprint density at radius 2 is 2.29 bits per heavy atom. The molecule has 1 atom stereocenters. The van der Waals surface area contributed by atoms with Crippen molar-refractivity contribution in [2.45, 2.75) is 38.8 Å². The number of hydrogen-bond donors (Lipinski definition) is 1. The molecule has 1 fully saturated rings. The lowest BCUT2D eigenvalue weighted by Gasteiger charge is -2.14.